The minimum absolute atomic E-state index is 0.0872. The standard InChI is InChI=1S/C11H9Br2N3O2/c1-6(12)9(17)14-11-16-15-10(18-11)7-2-4-8(13)5-3-7/h2-6H,1H3,(H,14,16,17). The van der Waals surface area contributed by atoms with Crippen molar-refractivity contribution in [3.8, 4) is 11.5 Å². The van der Waals surface area contributed by atoms with Crippen LogP contribution in [0.25, 0.3) is 11.5 Å². The Hall–Kier alpha value is -1.21. The maximum Gasteiger partial charge on any atom is 0.322 e. The zero-order valence-corrected chi connectivity index (χ0v) is 12.5. The van der Waals surface area contributed by atoms with Gasteiger partial charge < -0.3 is 4.42 Å². The summed E-state index contributed by atoms with van der Waals surface area (Å²) in [5.41, 5.74) is 0.790. The molecule has 0 aliphatic heterocycles. The molecule has 1 aromatic carbocycles. The lowest BCUT2D eigenvalue weighted by Crippen LogP contribution is -2.19. The van der Waals surface area contributed by atoms with Crippen molar-refractivity contribution in [2.75, 3.05) is 5.32 Å². The van der Waals surface area contributed by atoms with Crippen LogP contribution in [0.4, 0.5) is 6.01 Å². The molecule has 0 aliphatic rings. The van der Waals surface area contributed by atoms with Crippen molar-refractivity contribution in [1.29, 1.82) is 0 Å². The molecule has 2 aromatic rings. The molecule has 2 rings (SSSR count). The van der Waals surface area contributed by atoms with Crippen LogP contribution in [-0.2, 0) is 4.79 Å². The molecule has 1 unspecified atom stereocenters. The Morgan fingerprint density at radius 1 is 1.33 bits per heavy atom. The van der Waals surface area contributed by atoms with E-state index in [1.807, 2.05) is 24.3 Å². The quantitative estimate of drug-likeness (QED) is 0.837. The number of aromatic nitrogens is 2. The number of halogens is 2. The van der Waals surface area contributed by atoms with E-state index in [1.54, 1.807) is 6.92 Å². The maximum atomic E-state index is 11.4. The molecule has 0 saturated carbocycles. The van der Waals surface area contributed by atoms with E-state index in [9.17, 15) is 4.79 Å². The van der Waals surface area contributed by atoms with Crippen LogP contribution in [0.2, 0.25) is 0 Å². The van der Waals surface area contributed by atoms with Gasteiger partial charge in [0.25, 0.3) is 0 Å². The number of rotatable bonds is 3. The Kier molecular flexibility index (Phi) is 4.13. The molecule has 0 aliphatic carbocycles. The number of alkyl halides is 1. The normalized spacial score (nSPS) is 12.2. The molecule has 7 heteroatoms. The molecule has 0 spiro atoms. The third kappa shape index (κ3) is 3.17. The molecule has 0 radical (unpaired) electrons. The summed E-state index contributed by atoms with van der Waals surface area (Å²) in [6.45, 7) is 1.71. The van der Waals surface area contributed by atoms with E-state index in [0.29, 0.717) is 5.89 Å². The Bertz CT molecular complexity index is 552. The Morgan fingerprint density at radius 2 is 2.00 bits per heavy atom. The van der Waals surface area contributed by atoms with Crippen LogP contribution >= 0.6 is 31.9 Å². The van der Waals surface area contributed by atoms with E-state index >= 15 is 0 Å². The summed E-state index contributed by atoms with van der Waals surface area (Å²) in [5, 5.41) is 10.1. The van der Waals surface area contributed by atoms with Crippen molar-refractivity contribution in [1.82, 2.24) is 10.2 Å². The summed E-state index contributed by atoms with van der Waals surface area (Å²) in [7, 11) is 0. The highest BCUT2D eigenvalue weighted by atomic mass is 79.9. The topological polar surface area (TPSA) is 68.0 Å². The highest BCUT2D eigenvalue weighted by molar-refractivity contribution is 9.10. The molecular formula is C11H9Br2N3O2. The van der Waals surface area contributed by atoms with Crippen molar-refractivity contribution < 1.29 is 9.21 Å². The van der Waals surface area contributed by atoms with Crippen molar-refractivity contribution in [2.45, 2.75) is 11.8 Å². The number of hydrogen-bond donors (Lipinski definition) is 1. The molecule has 1 heterocycles. The molecule has 1 N–H and O–H groups in total. The summed E-state index contributed by atoms with van der Waals surface area (Å²) < 4.78 is 6.31. The predicted molar refractivity (Wildman–Crippen MR) is 74.5 cm³/mol. The first-order valence-corrected chi connectivity index (χ1v) is 6.81. The van der Waals surface area contributed by atoms with E-state index < -0.39 is 0 Å². The predicted octanol–water partition coefficient (Wildman–Crippen LogP) is 3.22. The lowest BCUT2D eigenvalue weighted by molar-refractivity contribution is -0.115. The van der Waals surface area contributed by atoms with Gasteiger partial charge in [0.05, 0.1) is 4.83 Å². The molecule has 0 bridgehead atoms. The molecule has 5 nitrogen and oxygen atoms in total. The van der Waals surface area contributed by atoms with E-state index in [0.717, 1.165) is 10.0 Å². The summed E-state index contributed by atoms with van der Waals surface area (Å²) in [6, 6.07) is 7.52. The van der Waals surface area contributed by atoms with E-state index in [2.05, 4.69) is 47.4 Å². The minimum atomic E-state index is -0.319. The molecule has 0 saturated heterocycles. The summed E-state index contributed by atoms with van der Waals surface area (Å²) in [5.74, 6) is 0.126. The first-order chi connectivity index (χ1) is 8.56. The number of hydrogen-bond acceptors (Lipinski definition) is 4. The van der Waals surface area contributed by atoms with Gasteiger partial charge in [-0.25, -0.2) is 0 Å². The summed E-state index contributed by atoms with van der Waals surface area (Å²) in [6.07, 6.45) is 0. The second kappa shape index (κ2) is 5.62. The molecule has 94 valence electrons. The largest absolute Gasteiger partial charge is 0.403 e. The smallest absolute Gasteiger partial charge is 0.322 e. The second-order valence-corrected chi connectivity index (χ2v) is 5.81. The lowest BCUT2D eigenvalue weighted by Gasteiger charge is -2.00. The van der Waals surface area contributed by atoms with Crippen molar-refractivity contribution >= 4 is 43.8 Å². The third-order valence-electron chi connectivity index (χ3n) is 2.11. The van der Waals surface area contributed by atoms with Gasteiger partial charge in [-0.1, -0.05) is 37.0 Å². The first-order valence-electron chi connectivity index (χ1n) is 5.10. The molecule has 1 atom stereocenters. The molecule has 1 amide bonds. The fourth-order valence-electron chi connectivity index (χ4n) is 1.19. The highest BCUT2D eigenvalue weighted by Gasteiger charge is 2.14. The van der Waals surface area contributed by atoms with E-state index in [1.165, 1.54) is 0 Å². The minimum Gasteiger partial charge on any atom is -0.403 e. The zero-order valence-electron chi connectivity index (χ0n) is 9.35. The van der Waals surface area contributed by atoms with Crippen LogP contribution in [0.5, 0.6) is 0 Å². The number of carbonyl (C=O) groups excluding carboxylic acids is 1. The second-order valence-electron chi connectivity index (χ2n) is 3.52. The van der Waals surface area contributed by atoms with Crippen LogP contribution in [0.3, 0.4) is 0 Å². The van der Waals surface area contributed by atoms with Crippen molar-refractivity contribution in [3.05, 3.63) is 28.7 Å². The van der Waals surface area contributed by atoms with Gasteiger partial charge in [-0.2, -0.15) is 0 Å². The van der Waals surface area contributed by atoms with Crippen LogP contribution in [0.1, 0.15) is 6.92 Å². The molecule has 18 heavy (non-hydrogen) atoms. The summed E-state index contributed by atoms with van der Waals surface area (Å²) in [4.78, 5) is 11.1. The third-order valence-corrected chi connectivity index (χ3v) is 3.05. The van der Waals surface area contributed by atoms with Crippen LogP contribution in [-0.4, -0.2) is 20.9 Å². The monoisotopic (exact) mass is 373 g/mol. The average molecular weight is 375 g/mol. The zero-order chi connectivity index (χ0) is 13.1. The van der Waals surface area contributed by atoms with Gasteiger partial charge >= 0.3 is 6.01 Å². The van der Waals surface area contributed by atoms with Crippen molar-refractivity contribution in [2.24, 2.45) is 0 Å². The number of benzene rings is 1. The van der Waals surface area contributed by atoms with E-state index in [4.69, 9.17) is 4.42 Å². The van der Waals surface area contributed by atoms with E-state index in [-0.39, 0.29) is 16.7 Å². The number of carbonyl (C=O) groups is 1. The van der Waals surface area contributed by atoms with Gasteiger partial charge in [-0.3, -0.25) is 10.1 Å². The highest BCUT2D eigenvalue weighted by Crippen LogP contribution is 2.22. The fraction of sp³-hybridized carbons (Fsp3) is 0.182. The van der Waals surface area contributed by atoms with Gasteiger partial charge in [0, 0.05) is 10.0 Å². The molecule has 1 aromatic heterocycles. The van der Waals surface area contributed by atoms with Crippen LogP contribution in [0.15, 0.2) is 33.2 Å². The number of nitrogens with one attached hydrogen (secondary N) is 1. The Balaban J connectivity index is 2.15. The number of amides is 1. The first kappa shape index (κ1) is 13.2. The van der Waals surface area contributed by atoms with Crippen LogP contribution in [0, 0.1) is 0 Å². The van der Waals surface area contributed by atoms with Gasteiger partial charge in [0.2, 0.25) is 11.8 Å². The van der Waals surface area contributed by atoms with Gasteiger partial charge in [-0.05, 0) is 31.2 Å². The van der Waals surface area contributed by atoms with Gasteiger partial charge in [-0.15, -0.1) is 5.10 Å². The lowest BCUT2D eigenvalue weighted by atomic mass is 10.2. The van der Waals surface area contributed by atoms with Gasteiger partial charge in [0.1, 0.15) is 0 Å². The molecular weight excluding hydrogens is 366 g/mol. The SMILES string of the molecule is CC(Br)C(=O)Nc1nnc(-c2ccc(Br)cc2)o1. The van der Waals surface area contributed by atoms with Crippen LogP contribution < -0.4 is 5.32 Å². The fourth-order valence-corrected chi connectivity index (χ4v) is 1.57. The number of anilines is 1. The summed E-state index contributed by atoms with van der Waals surface area (Å²) >= 11 is 6.49. The average Bonchev–Trinajstić information content (AvgIpc) is 2.78. The van der Waals surface area contributed by atoms with Gasteiger partial charge in [0.15, 0.2) is 0 Å². The molecule has 0 fully saturated rings. The Labute approximate surface area is 120 Å². The Morgan fingerprint density at radius 3 is 2.61 bits per heavy atom. The maximum absolute atomic E-state index is 11.4. The van der Waals surface area contributed by atoms with Crippen molar-refractivity contribution in [3.63, 3.8) is 0 Å². The number of nitrogens with zero attached hydrogens (tertiary/aromatic N) is 2.